The van der Waals surface area contributed by atoms with Crippen LogP contribution in [0.2, 0.25) is 5.02 Å². The maximum Gasteiger partial charge on any atom is 0.257 e. The van der Waals surface area contributed by atoms with Gasteiger partial charge in [-0.1, -0.05) is 53.9 Å². The third kappa shape index (κ3) is 3.53. The van der Waals surface area contributed by atoms with Crippen molar-refractivity contribution >= 4 is 17.5 Å². The topological polar surface area (TPSA) is 47.4 Å². The van der Waals surface area contributed by atoms with E-state index in [1.54, 1.807) is 24.3 Å². The van der Waals surface area contributed by atoms with Crippen molar-refractivity contribution < 1.29 is 9.53 Å². The fraction of sp³-hybridized carbons (Fsp3) is 0.182. The molecule has 1 aliphatic rings. The van der Waals surface area contributed by atoms with Crippen LogP contribution in [0.25, 0.3) is 5.69 Å². The maximum absolute atomic E-state index is 12.7. The molecule has 6 heteroatoms. The molecular weight excluding hydrogens is 374 g/mol. The molecule has 0 radical (unpaired) electrons. The molecule has 28 heavy (non-hydrogen) atoms. The maximum atomic E-state index is 12.7. The van der Waals surface area contributed by atoms with Gasteiger partial charge in [-0.3, -0.25) is 9.36 Å². The zero-order valence-electron chi connectivity index (χ0n) is 15.4. The third-order valence-electron chi connectivity index (χ3n) is 4.56. The van der Waals surface area contributed by atoms with Crippen molar-refractivity contribution in [3.05, 3.63) is 82.4 Å². The summed E-state index contributed by atoms with van der Waals surface area (Å²) in [6.45, 7) is 1.22. The Hall–Kier alpha value is -3.07. The van der Waals surface area contributed by atoms with Gasteiger partial charge in [-0.15, -0.1) is 0 Å². The molecule has 0 saturated carbocycles. The molecule has 0 aliphatic carbocycles. The predicted octanol–water partition coefficient (Wildman–Crippen LogP) is 3.68. The average Bonchev–Trinajstić information content (AvgIpc) is 3.05. The highest BCUT2D eigenvalue weighted by molar-refractivity contribution is 6.34. The van der Waals surface area contributed by atoms with E-state index in [1.807, 2.05) is 47.0 Å². The van der Waals surface area contributed by atoms with Gasteiger partial charge in [0.05, 0.1) is 35.1 Å². The summed E-state index contributed by atoms with van der Waals surface area (Å²) in [7, 11) is 1.75. The van der Waals surface area contributed by atoms with Crippen molar-refractivity contribution in [3.8, 4) is 17.5 Å². The van der Waals surface area contributed by atoms with Gasteiger partial charge in [-0.05, 0) is 23.6 Å². The number of amides is 1. The van der Waals surface area contributed by atoms with Crippen LogP contribution in [0.15, 0.2) is 54.9 Å². The van der Waals surface area contributed by atoms with Crippen molar-refractivity contribution in [1.82, 2.24) is 14.5 Å². The van der Waals surface area contributed by atoms with Crippen molar-refractivity contribution in [2.24, 2.45) is 0 Å². The summed E-state index contributed by atoms with van der Waals surface area (Å²) in [5.41, 5.74) is 3.79. The Morgan fingerprint density at radius 1 is 1.18 bits per heavy atom. The number of hydrogen-bond donors (Lipinski definition) is 0. The Kier molecular flexibility index (Phi) is 5.16. The van der Waals surface area contributed by atoms with Crippen LogP contribution in [0, 0.1) is 11.8 Å². The predicted molar refractivity (Wildman–Crippen MR) is 107 cm³/mol. The van der Waals surface area contributed by atoms with E-state index >= 15 is 0 Å². The monoisotopic (exact) mass is 391 g/mol. The van der Waals surface area contributed by atoms with E-state index in [1.165, 1.54) is 0 Å². The fourth-order valence-corrected chi connectivity index (χ4v) is 3.41. The standard InChI is InChI=1S/C22H18ClN3O2/c1-25-13-20-18(10-6-12-28-14-16-7-3-2-4-8-16)24-15-26(20)19-11-5-9-17(23)21(19)22(25)27/h2-5,7-9,11,15H,12-14H2,1H3. The van der Waals surface area contributed by atoms with E-state index in [2.05, 4.69) is 16.8 Å². The molecule has 0 N–H and O–H groups in total. The number of carbonyl (C=O) groups excluding carboxylic acids is 1. The van der Waals surface area contributed by atoms with E-state index in [0.29, 0.717) is 36.0 Å². The first-order valence-electron chi connectivity index (χ1n) is 8.86. The minimum Gasteiger partial charge on any atom is -0.364 e. The second-order valence-electron chi connectivity index (χ2n) is 6.49. The highest BCUT2D eigenvalue weighted by Gasteiger charge is 2.27. The molecule has 1 aromatic heterocycles. The van der Waals surface area contributed by atoms with Crippen LogP contribution in [0.3, 0.4) is 0 Å². The van der Waals surface area contributed by atoms with Gasteiger partial charge in [0.1, 0.15) is 18.6 Å². The lowest BCUT2D eigenvalue weighted by molar-refractivity contribution is 0.0788. The van der Waals surface area contributed by atoms with Crippen LogP contribution >= 0.6 is 11.6 Å². The summed E-state index contributed by atoms with van der Waals surface area (Å²) >= 11 is 6.29. The van der Waals surface area contributed by atoms with Crippen LogP contribution in [0.1, 0.15) is 27.3 Å². The third-order valence-corrected chi connectivity index (χ3v) is 4.87. The lowest BCUT2D eigenvalue weighted by Crippen LogP contribution is -2.25. The number of halogens is 1. The lowest BCUT2D eigenvalue weighted by atomic mass is 10.1. The second-order valence-corrected chi connectivity index (χ2v) is 6.89. The summed E-state index contributed by atoms with van der Waals surface area (Å²) in [6.07, 6.45) is 1.69. The van der Waals surface area contributed by atoms with Crippen LogP contribution in [-0.2, 0) is 17.9 Å². The number of rotatable bonds is 3. The van der Waals surface area contributed by atoms with Crippen LogP contribution in [0.5, 0.6) is 0 Å². The Balaban J connectivity index is 1.56. The molecule has 1 aliphatic heterocycles. The van der Waals surface area contributed by atoms with Gasteiger partial charge in [-0.2, -0.15) is 0 Å². The Bertz CT molecular complexity index is 1080. The summed E-state index contributed by atoms with van der Waals surface area (Å²) in [6, 6.07) is 15.4. The van der Waals surface area contributed by atoms with Crippen molar-refractivity contribution in [3.63, 3.8) is 0 Å². The average molecular weight is 392 g/mol. The van der Waals surface area contributed by atoms with Gasteiger partial charge in [0.2, 0.25) is 0 Å². The number of carbonyl (C=O) groups is 1. The van der Waals surface area contributed by atoms with E-state index in [0.717, 1.165) is 16.9 Å². The van der Waals surface area contributed by atoms with Crippen LogP contribution in [-0.4, -0.2) is 34.0 Å². The molecule has 2 heterocycles. The normalized spacial score (nSPS) is 12.6. The number of hydrogen-bond acceptors (Lipinski definition) is 3. The molecule has 4 rings (SSSR count). The molecule has 2 aromatic carbocycles. The van der Waals surface area contributed by atoms with E-state index in [9.17, 15) is 4.79 Å². The SMILES string of the molecule is CN1Cc2c(C#CCOCc3ccccc3)ncn2-c2cccc(Cl)c2C1=O. The molecule has 0 saturated heterocycles. The molecule has 0 fully saturated rings. The van der Waals surface area contributed by atoms with Gasteiger partial charge >= 0.3 is 0 Å². The summed E-state index contributed by atoms with van der Waals surface area (Å²) in [5.74, 6) is 5.97. The van der Waals surface area contributed by atoms with E-state index in [4.69, 9.17) is 16.3 Å². The zero-order valence-corrected chi connectivity index (χ0v) is 16.1. The van der Waals surface area contributed by atoms with Crippen LogP contribution in [0.4, 0.5) is 0 Å². The summed E-state index contributed by atoms with van der Waals surface area (Å²) in [5, 5.41) is 0.429. The Morgan fingerprint density at radius 3 is 2.82 bits per heavy atom. The van der Waals surface area contributed by atoms with Crippen LogP contribution < -0.4 is 0 Å². The Morgan fingerprint density at radius 2 is 2.00 bits per heavy atom. The molecule has 0 spiro atoms. The molecular formula is C22H18ClN3O2. The summed E-state index contributed by atoms with van der Waals surface area (Å²) < 4.78 is 7.49. The molecule has 3 aromatic rings. The largest absolute Gasteiger partial charge is 0.364 e. The van der Waals surface area contributed by atoms with Gasteiger partial charge in [0, 0.05) is 7.05 Å². The first-order chi connectivity index (χ1) is 13.6. The number of benzene rings is 2. The number of aromatic nitrogens is 2. The highest BCUT2D eigenvalue weighted by Crippen LogP contribution is 2.30. The number of ether oxygens (including phenoxy) is 1. The zero-order chi connectivity index (χ0) is 19.5. The van der Waals surface area contributed by atoms with E-state index < -0.39 is 0 Å². The van der Waals surface area contributed by atoms with Gasteiger partial charge in [-0.25, -0.2) is 4.98 Å². The summed E-state index contributed by atoms with van der Waals surface area (Å²) in [4.78, 5) is 18.8. The second kappa shape index (κ2) is 7.89. The molecule has 0 atom stereocenters. The van der Waals surface area contributed by atoms with Crippen molar-refractivity contribution in [2.45, 2.75) is 13.2 Å². The smallest absolute Gasteiger partial charge is 0.257 e. The molecule has 5 nitrogen and oxygen atoms in total. The van der Waals surface area contributed by atoms with Gasteiger partial charge in [0.15, 0.2) is 0 Å². The first kappa shape index (κ1) is 18.3. The first-order valence-corrected chi connectivity index (χ1v) is 9.24. The molecule has 0 bridgehead atoms. The molecule has 1 amide bonds. The highest BCUT2D eigenvalue weighted by atomic mass is 35.5. The minimum atomic E-state index is -0.116. The van der Waals surface area contributed by atoms with Gasteiger partial charge in [0.25, 0.3) is 5.91 Å². The fourth-order valence-electron chi connectivity index (χ4n) is 3.16. The Labute approximate surface area is 168 Å². The minimum absolute atomic E-state index is 0.116. The quantitative estimate of drug-likeness (QED) is 0.505. The molecule has 0 unspecified atom stereocenters. The lowest BCUT2D eigenvalue weighted by Gasteiger charge is -2.14. The number of nitrogens with zero attached hydrogens (tertiary/aromatic N) is 3. The van der Waals surface area contributed by atoms with Crippen molar-refractivity contribution in [1.29, 1.82) is 0 Å². The number of imidazole rings is 1. The number of fused-ring (bicyclic) bond motifs is 3. The molecule has 140 valence electrons. The van der Waals surface area contributed by atoms with Crippen molar-refractivity contribution in [2.75, 3.05) is 13.7 Å². The van der Waals surface area contributed by atoms with Gasteiger partial charge < -0.3 is 9.64 Å². The van der Waals surface area contributed by atoms with E-state index in [-0.39, 0.29) is 5.91 Å².